The molecule has 112 valence electrons. The molecule has 21 heavy (non-hydrogen) atoms. The molecule has 0 heterocycles. The minimum atomic E-state index is -0.199. The van der Waals surface area contributed by atoms with E-state index in [0.29, 0.717) is 19.0 Å². The van der Waals surface area contributed by atoms with Crippen LogP contribution in [0.5, 0.6) is 5.75 Å². The maximum absolute atomic E-state index is 11.6. The summed E-state index contributed by atoms with van der Waals surface area (Å²) in [4.78, 5) is 11.6. The second kappa shape index (κ2) is 7.65. The summed E-state index contributed by atoms with van der Waals surface area (Å²) in [5, 5.41) is 14.5. The van der Waals surface area contributed by atoms with Crippen molar-refractivity contribution in [3.8, 4) is 11.8 Å². The van der Waals surface area contributed by atoms with Gasteiger partial charge in [0.05, 0.1) is 12.5 Å². The number of hydrogen-bond donors (Lipinski definition) is 2. The molecule has 0 atom stereocenters. The molecule has 5 nitrogen and oxygen atoms in total. The Morgan fingerprint density at radius 2 is 2.29 bits per heavy atom. The second-order valence-corrected chi connectivity index (χ2v) is 5.27. The van der Waals surface area contributed by atoms with Gasteiger partial charge in [-0.3, -0.25) is 4.79 Å². The summed E-state index contributed by atoms with van der Waals surface area (Å²) in [6.45, 7) is 3.08. The van der Waals surface area contributed by atoms with Gasteiger partial charge in [0.2, 0.25) is 0 Å². The van der Waals surface area contributed by atoms with Crippen LogP contribution in [0.4, 0.5) is 0 Å². The average molecular weight is 287 g/mol. The van der Waals surface area contributed by atoms with Gasteiger partial charge in [-0.25, -0.2) is 0 Å². The highest BCUT2D eigenvalue weighted by Crippen LogP contribution is 2.25. The number of benzene rings is 1. The smallest absolute Gasteiger partial charge is 0.257 e. The number of nitrogens with zero attached hydrogens (tertiary/aromatic N) is 1. The molecule has 1 fully saturated rings. The van der Waals surface area contributed by atoms with Gasteiger partial charge < -0.3 is 15.4 Å². The highest BCUT2D eigenvalue weighted by Gasteiger charge is 2.21. The Labute approximate surface area is 125 Å². The lowest BCUT2D eigenvalue weighted by Gasteiger charge is -2.14. The summed E-state index contributed by atoms with van der Waals surface area (Å²) >= 11 is 0. The molecule has 1 aliphatic carbocycles. The number of amides is 1. The van der Waals surface area contributed by atoms with E-state index in [-0.39, 0.29) is 12.5 Å². The monoisotopic (exact) mass is 287 g/mol. The van der Waals surface area contributed by atoms with Gasteiger partial charge >= 0.3 is 0 Å². The van der Waals surface area contributed by atoms with Crippen LogP contribution in [0.1, 0.15) is 30.4 Å². The first-order valence-electron chi connectivity index (χ1n) is 7.29. The van der Waals surface area contributed by atoms with Crippen molar-refractivity contribution >= 4 is 5.91 Å². The summed E-state index contributed by atoms with van der Waals surface area (Å²) in [6, 6.07) is 8.61. The highest BCUT2D eigenvalue weighted by atomic mass is 16.5. The molecule has 2 rings (SSSR count). The number of ether oxygens (including phenoxy) is 1. The van der Waals surface area contributed by atoms with E-state index in [9.17, 15) is 4.79 Å². The van der Waals surface area contributed by atoms with Crippen LogP contribution in [-0.2, 0) is 11.3 Å². The van der Waals surface area contributed by atoms with Crippen LogP contribution < -0.4 is 15.4 Å². The molecule has 1 aromatic carbocycles. The fourth-order valence-electron chi connectivity index (χ4n) is 2.05. The van der Waals surface area contributed by atoms with Gasteiger partial charge in [0.15, 0.2) is 6.61 Å². The molecule has 0 unspecified atom stereocenters. The third kappa shape index (κ3) is 5.09. The number of aryl methyl sites for hydroxylation is 1. The number of para-hydroxylation sites is 1. The zero-order valence-electron chi connectivity index (χ0n) is 12.3. The number of hydrogen-bond acceptors (Lipinski definition) is 4. The maximum Gasteiger partial charge on any atom is 0.257 e. The molecular weight excluding hydrogens is 266 g/mol. The standard InChI is InChI=1S/C16H21N3O2/c1-12-4-2-5-13(10-19-14-6-7-14)16(12)21-11-15(20)18-9-3-8-17/h2,4-5,14,19H,3,6-7,9-11H2,1H3,(H,18,20). The molecule has 1 amide bonds. The highest BCUT2D eigenvalue weighted by molar-refractivity contribution is 5.77. The molecule has 1 aromatic rings. The summed E-state index contributed by atoms with van der Waals surface area (Å²) in [7, 11) is 0. The van der Waals surface area contributed by atoms with Gasteiger partial charge in [0.1, 0.15) is 5.75 Å². The van der Waals surface area contributed by atoms with Gasteiger partial charge in [-0.15, -0.1) is 0 Å². The van der Waals surface area contributed by atoms with Gasteiger partial charge in [-0.1, -0.05) is 18.2 Å². The van der Waals surface area contributed by atoms with Crippen LogP contribution in [0.25, 0.3) is 0 Å². The Kier molecular flexibility index (Phi) is 5.59. The summed E-state index contributed by atoms with van der Waals surface area (Å²) < 4.78 is 5.68. The van der Waals surface area contributed by atoms with Gasteiger partial charge in [-0.2, -0.15) is 5.26 Å². The summed E-state index contributed by atoms with van der Waals surface area (Å²) in [5.41, 5.74) is 2.10. The predicted molar refractivity (Wildman–Crippen MR) is 79.8 cm³/mol. The Hall–Kier alpha value is -2.06. The zero-order chi connectivity index (χ0) is 15.1. The van der Waals surface area contributed by atoms with Crippen molar-refractivity contribution in [2.45, 2.75) is 38.8 Å². The van der Waals surface area contributed by atoms with Gasteiger partial charge in [0, 0.05) is 24.7 Å². The first-order chi connectivity index (χ1) is 10.2. The Balaban J connectivity index is 1.88. The van der Waals surface area contributed by atoms with Crippen LogP contribution in [-0.4, -0.2) is 25.1 Å². The van der Waals surface area contributed by atoms with Crippen molar-refractivity contribution in [2.75, 3.05) is 13.2 Å². The van der Waals surface area contributed by atoms with Crippen LogP contribution >= 0.6 is 0 Å². The number of nitrogens with one attached hydrogen (secondary N) is 2. The normalized spacial score (nSPS) is 13.5. The lowest BCUT2D eigenvalue weighted by Crippen LogP contribution is -2.30. The van der Waals surface area contributed by atoms with E-state index in [2.05, 4.69) is 10.6 Å². The fourth-order valence-corrected chi connectivity index (χ4v) is 2.05. The van der Waals surface area contributed by atoms with Crippen molar-refractivity contribution in [2.24, 2.45) is 0 Å². The minimum Gasteiger partial charge on any atom is -0.483 e. The van der Waals surface area contributed by atoms with E-state index in [1.807, 2.05) is 31.2 Å². The third-order valence-corrected chi connectivity index (χ3v) is 3.36. The molecular formula is C16H21N3O2. The zero-order valence-corrected chi connectivity index (χ0v) is 12.3. The predicted octanol–water partition coefficient (Wildman–Crippen LogP) is 1.66. The largest absolute Gasteiger partial charge is 0.483 e. The SMILES string of the molecule is Cc1cccc(CNC2CC2)c1OCC(=O)NCCC#N. The number of rotatable bonds is 8. The molecule has 0 aromatic heterocycles. The molecule has 5 heteroatoms. The Morgan fingerprint density at radius 1 is 1.48 bits per heavy atom. The van der Waals surface area contributed by atoms with Crippen molar-refractivity contribution in [3.05, 3.63) is 29.3 Å². The first kappa shape index (κ1) is 15.3. The average Bonchev–Trinajstić information content (AvgIpc) is 3.28. The number of carbonyl (C=O) groups excluding carboxylic acids is 1. The topological polar surface area (TPSA) is 74.2 Å². The Morgan fingerprint density at radius 3 is 3.00 bits per heavy atom. The fraction of sp³-hybridized carbons (Fsp3) is 0.500. The molecule has 0 radical (unpaired) electrons. The summed E-state index contributed by atoms with van der Waals surface area (Å²) in [5.74, 6) is 0.579. The quantitative estimate of drug-likeness (QED) is 0.713. The lowest BCUT2D eigenvalue weighted by molar-refractivity contribution is -0.123. The first-order valence-corrected chi connectivity index (χ1v) is 7.29. The van der Waals surface area contributed by atoms with E-state index < -0.39 is 0 Å². The molecule has 0 bridgehead atoms. The van der Waals surface area contributed by atoms with Crippen molar-refractivity contribution < 1.29 is 9.53 Å². The van der Waals surface area contributed by atoms with E-state index in [1.165, 1.54) is 12.8 Å². The van der Waals surface area contributed by atoms with E-state index >= 15 is 0 Å². The molecule has 1 aliphatic rings. The van der Waals surface area contributed by atoms with E-state index in [0.717, 1.165) is 23.4 Å². The van der Waals surface area contributed by atoms with Crippen molar-refractivity contribution in [1.29, 1.82) is 5.26 Å². The second-order valence-electron chi connectivity index (χ2n) is 5.27. The van der Waals surface area contributed by atoms with Crippen molar-refractivity contribution in [3.63, 3.8) is 0 Å². The number of nitriles is 1. The van der Waals surface area contributed by atoms with E-state index in [4.69, 9.17) is 10.00 Å². The maximum atomic E-state index is 11.6. The molecule has 1 saturated carbocycles. The lowest BCUT2D eigenvalue weighted by atomic mass is 10.1. The molecule has 0 saturated heterocycles. The number of carbonyl (C=O) groups is 1. The van der Waals surface area contributed by atoms with Crippen LogP contribution in [0.15, 0.2) is 18.2 Å². The van der Waals surface area contributed by atoms with Gasteiger partial charge in [0.25, 0.3) is 5.91 Å². The Bertz CT molecular complexity index is 533. The summed E-state index contributed by atoms with van der Waals surface area (Å²) in [6.07, 6.45) is 2.79. The van der Waals surface area contributed by atoms with Crippen molar-refractivity contribution in [1.82, 2.24) is 10.6 Å². The van der Waals surface area contributed by atoms with Crippen LogP contribution in [0, 0.1) is 18.3 Å². The van der Waals surface area contributed by atoms with E-state index in [1.54, 1.807) is 0 Å². The molecule has 0 spiro atoms. The molecule has 2 N–H and O–H groups in total. The molecule has 0 aliphatic heterocycles. The van der Waals surface area contributed by atoms with Gasteiger partial charge in [-0.05, 0) is 25.3 Å². The minimum absolute atomic E-state index is 0.0211. The third-order valence-electron chi connectivity index (χ3n) is 3.36. The van der Waals surface area contributed by atoms with Crippen LogP contribution in [0.2, 0.25) is 0 Å². The van der Waals surface area contributed by atoms with Crippen LogP contribution in [0.3, 0.4) is 0 Å².